The molecule has 0 aliphatic carbocycles. The van der Waals surface area contributed by atoms with Gasteiger partial charge in [0.05, 0.1) is 25.4 Å². The van der Waals surface area contributed by atoms with Crippen LogP contribution in [0.15, 0.2) is 18.7 Å². The summed E-state index contributed by atoms with van der Waals surface area (Å²) in [6.07, 6.45) is 5.98. The van der Waals surface area contributed by atoms with Crippen molar-refractivity contribution in [2.24, 2.45) is 0 Å². The maximum absolute atomic E-state index is 12.2. The van der Waals surface area contributed by atoms with E-state index in [9.17, 15) is 9.90 Å². The van der Waals surface area contributed by atoms with Crippen molar-refractivity contribution in [3.63, 3.8) is 0 Å². The zero-order valence-electron chi connectivity index (χ0n) is 17.4. The molecular weight excluding hydrogens is 372 g/mol. The molecule has 2 rings (SSSR count). The lowest BCUT2D eigenvalue weighted by Gasteiger charge is -2.25. The molecule has 0 spiro atoms. The monoisotopic (exact) mass is 408 g/mol. The first kappa shape index (κ1) is 22.9. The number of nitrogens with zero attached hydrogens (tertiary/aromatic N) is 1. The Bertz CT molecular complexity index is 617. The summed E-state index contributed by atoms with van der Waals surface area (Å²) in [6, 6.07) is 4.28. The largest absolute Gasteiger partial charge is 0.393 e. The zero-order valence-corrected chi connectivity index (χ0v) is 18.2. The molecule has 1 aliphatic heterocycles. The second-order valence-electron chi connectivity index (χ2n) is 7.51. The Morgan fingerprint density at radius 1 is 1.39 bits per heavy atom. The second kappa shape index (κ2) is 12.2. The number of nitrogens with one attached hydrogen (secondary N) is 1. The van der Waals surface area contributed by atoms with Crippen LogP contribution >= 0.6 is 11.3 Å². The molecule has 1 amide bonds. The highest BCUT2D eigenvalue weighted by molar-refractivity contribution is 7.13. The summed E-state index contributed by atoms with van der Waals surface area (Å²) in [6.45, 7) is 10.9. The fourth-order valence-electron chi connectivity index (χ4n) is 3.55. The number of rotatable bonds is 14. The smallest absolute Gasteiger partial charge is 0.222 e. The lowest BCUT2D eigenvalue weighted by atomic mass is 10.1. The van der Waals surface area contributed by atoms with E-state index >= 15 is 0 Å². The Labute approximate surface area is 173 Å². The second-order valence-corrected chi connectivity index (χ2v) is 8.68. The summed E-state index contributed by atoms with van der Waals surface area (Å²) in [4.78, 5) is 16.4. The van der Waals surface area contributed by atoms with Crippen molar-refractivity contribution in [3.05, 3.63) is 28.5 Å². The van der Waals surface area contributed by atoms with E-state index in [1.54, 1.807) is 11.3 Å². The third-order valence-corrected chi connectivity index (χ3v) is 6.32. The van der Waals surface area contributed by atoms with Gasteiger partial charge in [0.1, 0.15) is 0 Å². The Balaban J connectivity index is 1.73. The number of aliphatic hydroxyl groups excluding tert-OH is 1. The molecule has 1 aromatic heterocycles. The van der Waals surface area contributed by atoms with E-state index in [1.807, 2.05) is 4.90 Å². The molecule has 6 heteroatoms. The van der Waals surface area contributed by atoms with Crippen LogP contribution in [-0.4, -0.2) is 47.8 Å². The van der Waals surface area contributed by atoms with Crippen LogP contribution in [0, 0.1) is 0 Å². The summed E-state index contributed by atoms with van der Waals surface area (Å²) in [5.41, 5.74) is 0.948. The fraction of sp³-hybridized carbons (Fsp3) is 0.682. The molecular formula is C22H36N2O3S. The first-order valence-corrected chi connectivity index (χ1v) is 11.4. The maximum atomic E-state index is 12.2. The Morgan fingerprint density at radius 3 is 2.96 bits per heavy atom. The first-order valence-electron chi connectivity index (χ1n) is 10.6. The molecule has 1 saturated heterocycles. The van der Waals surface area contributed by atoms with Crippen LogP contribution in [0.25, 0.3) is 5.70 Å². The van der Waals surface area contributed by atoms with Crippen molar-refractivity contribution in [1.82, 2.24) is 10.2 Å². The van der Waals surface area contributed by atoms with Crippen molar-refractivity contribution in [2.45, 2.75) is 77.5 Å². The summed E-state index contributed by atoms with van der Waals surface area (Å²) in [5, 5.41) is 13.4. The third-order valence-electron chi connectivity index (χ3n) is 5.20. The minimum absolute atomic E-state index is 0.131. The third kappa shape index (κ3) is 7.22. The number of thiophene rings is 1. The number of amides is 1. The normalized spacial score (nSPS) is 17.9. The summed E-state index contributed by atoms with van der Waals surface area (Å²) < 4.78 is 5.93. The highest BCUT2D eigenvalue weighted by Gasteiger charge is 2.31. The molecule has 0 radical (unpaired) electrons. The number of ether oxygens (including phenoxy) is 1. The minimum Gasteiger partial charge on any atom is -0.393 e. The predicted octanol–water partition coefficient (Wildman–Crippen LogP) is 4.17. The average molecular weight is 409 g/mol. The van der Waals surface area contributed by atoms with Crippen molar-refractivity contribution >= 4 is 22.9 Å². The molecule has 2 atom stereocenters. The molecule has 28 heavy (non-hydrogen) atoms. The fourth-order valence-corrected chi connectivity index (χ4v) is 4.44. The van der Waals surface area contributed by atoms with Gasteiger partial charge in [-0.05, 0) is 38.3 Å². The van der Waals surface area contributed by atoms with E-state index in [4.69, 9.17) is 4.74 Å². The molecule has 1 aromatic rings. The SMILES string of the molecule is C=C(NCC)c1ccc(COC[C@H]2CCC(=O)N2CC[C@@H](O)CCCCC)s1. The lowest BCUT2D eigenvalue weighted by molar-refractivity contribution is -0.130. The van der Waals surface area contributed by atoms with Crippen molar-refractivity contribution in [1.29, 1.82) is 0 Å². The van der Waals surface area contributed by atoms with Gasteiger partial charge in [-0.1, -0.05) is 32.8 Å². The number of hydrogen-bond acceptors (Lipinski definition) is 5. The molecule has 0 unspecified atom stereocenters. The van der Waals surface area contributed by atoms with Crippen molar-refractivity contribution in [2.75, 3.05) is 19.7 Å². The van der Waals surface area contributed by atoms with Crippen LogP contribution in [-0.2, 0) is 16.1 Å². The molecule has 5 nitrogen and oxygen atoms in total. The van der Waals surface area contributed by atoms with E-state index < -0.39 is 0 Å². The standard InChI is InChI=1S/C22H36N2O3S/c1-4-6-7-8-19(25)13-14-24-18(9-12-22(24)26)15-27-16-20-10-11-21(28-20)17(3)23-5-2/h10-11,18-19,23,25H,3-9,12-16H2,1-2H3/t18-,19+/m1/s1. The van der Waals surface area contributed by atoms with Gasteiger partial charge in [-0.25, -0.2) is 0 Å². The lowest BCUT2D eigenvalue weighted by Crippen LogP contribution is -2.38. The summed E-state index contributed by atoms with van der Waals surface area (Å²) >= 11 is 1.69. The summed E-state index contributed by atoms with van der Waals surface area (Å²) in [7, 11) is 0. The topological polar surface area (TPSA) is 61.8 Å². The van der Waals surface area contributed by atoms with Gasteiger partial charge in [0, 0.05) is 35.0 Å². The molecule has 2 heterocycles. The quantitative estimate of drug-likeness (QED) is 0.454. The zero-order chi connectivity index (χ0) is 20.4. The van der Waals surface area contributed by atoms with E-state index in [1.165, 1.54) is 0 Å². The predicted molar refractivity (Wildman–Crippen MR) is 116 cm³/mol. The van der Waals surface area contributed by atoms with Crippen LogP contribution in [0.1, 0.15) is 68.5 Å². The molecule has 2 N–H and O–H groups in total. The van der Waals surface area contributed by atoms with Gasteiger partial charge in [-0.3, -0.25) is 4.79 Å². The molecule has 158 valence electrons. The summed E-state index contributed by atoms with van der Waals surface area (Å²) in [5.74, 6) is 0.190. The van der Waals surface area contributed by atoms with Crippen LogP contribution in [0.2, 0.25) is 0 Å². The average Bonchev–Trinajstić information content (AvgIpc) is 3.28. The van der Waals surface area contributed by atoms with Crippen molar-refractivity contribution in [3.8, 4) is 0 Å². The first-order chi connectivity index (χ1) is 13.5. The Morgan fingerprint density at radius 2 is 2.21 bits per heavy atom. The number of aliphatic hydroxyl groups is 1. The number of likely N-dealkylation sites (tertiary alicyclic amines) is 1. The van der Waals surface area contributed by atoms with Crippen LogP contribution < -0.4 is 5.32 Å². The molecule has 0 bridgehead atoms. The molecule has 1 aliphatic rings. The molecule has 0 aromatic carbocycles. The van der Waals surface area contributed by atoms with Crippen LogP contribution in [0.4, 0.5) is 0 Å². The van der Waals surface area contributed by atoms with Gasteiger partial charge in [-0.2, -0.15) is 0 Å². The maximum Gasteiger partial charge on any atom is 0.222 e. The number of unbranched alkanes of at least 4 members (excludes halogenated alkanes) is 2. The van der Waals surface area contributed by atoms with Gasteiger partial charge < -0.3 is 20.1 Å². The van der Waals surface area contributed by atoms with Gasteiger partial charge in [0.2, 0.25) is 5.91 Å². The van der Waals surface area contributed by atoms with E-state index in [-0.39, 0.29) is 18.1 Å². The van der Waals surface area contributed by atoms with Gasteiger partial charge in [-0.15, -0.1) is 11.3 Å². The van der Waals surface area contributed by atoms with Gasteiger partial charge in [0.15, 0.2) is 0 Å². The highest BCUT2D eigenvalue weighted by atomic mass is 32.1. The highest BCUT2D eigenvalue weighted by Crippen LogP contribution is 2.24. The minimum atomic E-state index is -0.309. The Kier molecular flexibility index (Phi) is 10.0. The number of carbonyl (C=O) groups is 1. The Hall–Kier alpha value is -1.37. The molecule has 0 saturated carbocycles. The van der Waals surface area contributed by atoms with E-state index in [0.717, 1.165) is 54.1 Å². The van der Waals surface area contributed by atoms with E-state index in [2.05, 4.69) is 37.9 Å². The number of hydrogen-bond donors (Lipinski definition) is 2. The van der Waals surface area contributed by atoms with Crippen molar-refractivity contribution < 1.29 is 14.6 Å². The number of carbonyl (C=O) groups excluding carboxylic acids is 1. The van der Waals surface area contributed by atoms with Crippen LogP contribution in [0.3, 0.4) is 0 Å². The van der Waals surface area contributed by atoms with Crippen LogP contribution in [0.5, 0.6) is 0 Å². The van der Waals surface area contributed by atoms with Gasteiger partial charge in [0.25, 0.3) is 0 Å². The van der Waals surface area contributed by atoms with E-state index in [0.29, 0.717) is 32.6 Å². The van der Waals surface area contributed by atoms with Gasteiger partial charge >= 0.3 is 0 Å². The molecule has 1 fully saturated rings.